The van der Waals surface area contributed by atoms with Gasteiger partial charge in [0.05, 0.1) is 4.92 Å². The molecule has 7 nitrogen and oxygen atoms in total. The number of hydrogen-bond donors (Lipinski definition) is 1. The van der Waals surface area contributed by atoms with Crippen molar-refractivity contribution in [2.24, 2.45) is 0 Å². The SMILES string of the molecule is CSCCC(NC(=O)c1cccc([N+](=O)[O-])c1)C(=O)N1CCCCCCC1. The third-order valence-electron chi connectivity index (χ3n) is 4.70. The Balaban J connectivity index is 2.10. The van der Waals surface area contributed by atoms with Crippen LogP contribution < -0.4 is 5.32 Å². The molecule has 1 saturated heterocycles. The van der Waals surface area contributed by atoms with E-state index in [1.807, 2.05) is 11.2 Å². The number of non-ortho nitro benzene ring substituents is 1. The van der Waals surface area contributed by atoms with Gasteiger partial charge in [-0.3, -0.25) is 19.7 Å². The van der Waals surface area contributed by atoms with Crippen molar-refractivity contribution in [1.29, 1.82) is 0 Å². The summed E-state index contributed by atoms with van der Waals surface area (Å²) in [6, 6.07) is 4.97. The molecular weight excluding hydrogens is 366 g/mol. The molecule has 2 rings (SSSR count). The Labute approximate surface area is 164 Å². The van der Waals surface area contributed by atoms with Crippen molar-refractivity contribution in [3.63, 3.8) is 0 Å². The zero-order valence-corrected chi connectivity index (χ0v) is 16.5. The molecule has 27 heavy (non-hydrogen) atoms. The van der Waals surface area contributed by atoms with Crippen LogP contribution in [0.25, 0.3) is 0 Å². The van der Waals surface area contributed by atoms with Gasteiger partial charge in [-0.05, 0) is 37.3 Å². The molecule has 0 spiro atoms. The Morgan fingerprint density at radius 3 is 2.52 bits per heavy atom. The summed E-state index contributed by atoms with van der Waals surface area (Å²) in [6.45, 7) is 1.45. The molecule has 0 aromatic heterocycles. The predicted molar refractivity (Wildman–Crippen MR) is 107 cm³/mol. The van der Waals surface area contributed by atoms with Crippen molar-refractivity contribution in [1.82, 2.24) is 10.2 Å². The third-order valence-corrected chi connectivity index (χ3v) is 5.34. The average Bonchev–Trinajstić information content (AvgIpc) is 2.64. The zero-order valence-electron chi connectivity index (χ0n) is 15.7. The lowest BCUT2D eigenvalue weighted by molar-refractivity contribution is -0.384. The molecular formula is C19H27N3O4S. The van der Waals surface area contributed by atoms with Gasteiger partial charge in [0.1, 0.15) is 6.04 Å². The first-order chi connectivity index (χ1) is 13.0. The molecule has 0 radical (unpaired) electrons. The molecule has 1 fully saturated rings. The summed E-state index contributed by atoms with van der Waals surface area (Å²) in [5, 5.41) is 13.7. The van der Waals surface area contributed by atoms with Crippen LogP contribution in [0.5, 0.6) is 0 Å². The van der Waals surface area contributed by atoms with E-state index in [9.17, 15) is 19.7 Å². The lowest BCUT2D eigenvalue weighted by Gasteiger charge is -2.29. The number of hydrogen-bond acceptors (Lipinski definition) is 5. The Morgan fingerprint density at radius 2 is 1.89 bits per heavy atom. The minimum absolute atomic E-state index is 0.0512. The molecule has 8 heteroatoms. The van der Waals surface area contributed by atoms with E-state index in [-0.39, 0.29) is 17.2 Å². The van der Waals surface area contributed by atoms with Crippen LogP contribution in [0.15, 0.2) is 24.3 Å². The van der Waals surface area contributed by atoms with E-state index in [2.05, 4.69) is 5.32 Å². The van der Waals surface area contributed by atoms with Crippen molar-refractivity contribution in [3.8, 4) is 0 Å². The number of nitrogens with zero attached hydrogens (tertiary/aromatic N) is 2. The van der Waals surface area contributed by atoms with Crippen LogP contribution in [0.2, 0.25) is 0 Å². The Kier molecular flexibility index (Phi) is 8.57. The minimum atomic E-state index is -0.608. The molecule has 0 bridgehead atoms. The number of benzene rings is 1. The monoisotopic (exact) mass is 393 g/mol. The van der Waals surface area contributed by atoms with Gasteiger partial charge in [0, 0.05) is 30.8 Å². The van der Waals surface area contributed by atoms with Crippen LogP contribution in [-0.4, -0.2) is 52.8 Å². The van der Waals surface area contributed by atoms with E-state index in [0.717, 1.165) is 44.5 Å². The second kappa shape index (κ2) is 10.9. The standard InChI is InChI=1S/C19H27N3O4S/c1-27-13-10-17(19(24)21-11-5-3-2-4-6-12-21)20-18(23)15-8-7-9-16(14-15)22(25)26/h7-9,14,17H,2-6,10-13H2,1H3,(H,20,23). The molecule has 1 atom stereocenters. The molecule has 1 aliphatic rings. The van der Waals surface area contributed by atoms with E-state index in [1.165, 1.54) is 30.7 Å². The van der Waals surface area contributed by atoms with Gasteiger partial charge in [-0.1, -0.05) is 25.3 Å². The van der Waals surface area contributed by atoms with Crippen molar-refractivity contribution in [2.75, 3.05) is 25.1 Å². The van der Waals surface area contributed by atoms with E-state index in [1.54, 1.807) is 11.8 Å². The number of rotatable bonds is 7. The van der Waals surface area contributed by atoms with Crippen molar-refractivity contribution in [3.05, 3.63) is 39.9 Å². The van der Waals surface area contributed by atoms with Crippen LogP contribution in [0.3, 0.4) is 0 Å². The van der Waals surface area contributed by atoms with Crippen LogP contribution in [-0.2, 0) is 4.79 Å². The first kappa shape index (κ1) is 21.2. The molecule has 1 aliphatic heterocycles. The first-order valence-corrected chi connectivity index (χ1v) is 10.8. The number of carbonyl (C=O) groups excluding carboxylic acids is 2. The fraction of sp³-hybridized carbons (Fsp3) is 0.579. The zero-order chi connectivity index (χ0) is 19.6. The van der Waals surface area contributed by atoms with E-state index in [0.29, 0.717) is 6.42 Å². The fourth-order valence-electron chi connectivity index (χ4n) is 3.18. The highest BCUT2D eigenvalue weighted by molar-refractivity contribution is 7.98. The first-order valence-electron chi connectivity index (χ1n) is 9.36. The van der Waals surface area contributed by atoms with Crippen LogP contribution in [0.1, 0.15) is 48.9 Å². The highest BCUT2D eigenvalue weighted by atomic mass is 32.2. The lowest BCUT2D eigenvalue weighted by atomic mass is 10.1. The van der Waals surface area contributed by atoms with Crippen LogP contribution in [0, 0.1) is 10.1 Å². The van der Waals surface area contributed by atoms with Crippen molar-refractivity contribution >= 4 is 29.3 Å². The summed E-state index contributed by atoms with van der Waals surface area (Å²) in [5.41, 5.74) is 0.0530. The summed E-state index contributed by atoms with van der Waals surface area (Å²) < 4.78 is 0. The Morgan fingerprint density at radius 1 is 1.22 bits per heavy atom. The van der Waals surface area contributed by atoms with Crippen LogP contribution >= 0.6 is 11.8 Å². The predicted octanol–water partition coefficient (Wildman–Crippen LogP) is 3.24. The lowest BCUT2D eigenvalue weighted by Crippen LogP contribution is -2.49. The second-order valence-electron chi connectivity index (χ2n) is 6.71. The topological polar surface area (TPSA) is 92.5 Å². The quantitative estimate of drug-likeness (QED) is 0.567. The van der Waals surface area contributed by atoms with Gasteiger partial charge >= 0.3 is 0 Å². The summed E-state index contributed by atoms with van der Waals surface area (Å²) in [6.07, 6.45) is 7.93. The highest BCUT2D eigenvalue weighted by Gasteiger charge is 2.26. The second-order valence-corrected chi connectivity index (χ2v) is 7.69. The van der Waals surface area contributed by atoms with Crippen molar-refractivity contribution in [2.45, 2.75) is 44.6 Å². The summed E-state index contributed by atoms with van der Waals surface area (Å²) in [7, 11) is 0. The van der Waals surface area contributed by atoms with Gasteiger partial charge < -0.3 is 10.2 Å². The van der Waals surface area contributed by atoms with Crippen molar-refractivity contribution < 1.29 is 14.5 Å². The molecule has 148 valence electrons. The number of likely N-dealkylation sites (tertiary alicyclic amines) is 1. The van der Waals surface area contributed by atoms with Crippen LogP contribution in [0.4, 0.5) is 5.69 Å². The number of nitro groups is 1. The average molecular weight is 394 g/mol. The summed E-state index contributed by atoms with van der Waals surface area (Å²) in [4.78, 5) is 37.8. The number of amides is 2. The van der Waals surface area contributed by atoms with E-state index >= 15 is 0 Å². The molecule has 0 saturated carbocycles. The number of thioether (sulfide) groups is 1. The van der Waals surface area contributed by atoms with Gasteiger partial charge in [-0.25, -0.2) is 0 Å². The third kappa shape index (κ3) is 6.53. The van der Waals surface area contributed by atoms with Gasteiger partial charge in [0.25, 0.3) is 11.6 Å². The number of nitrogens with one attached hydrogen (secondary N) is 1. The maximum Gasteiger partial charge on any atom is 0.270 e. The fourth-order valence-corrected chi connectivity index (χ4v) is 3.66. The Bertz CT molecular complexity index is 660. The highest BCUT2D eigenvalue weighted by Crippen LogP contribution is 2.15. The Hall–Kier alpha value is -2.09. The largest absolute Gasteiger partial charge is 0.341 e. The number of carbonyl (C=O) groups is 2. The molecule has 1 aromatic carbocycles. The smallest absolute Gasteiger partial charge is 0.270 e. The molecule has 1 unspecified atom stereocenters. The number of nitro benzene ring substituents is 1. The molecule has 1 N–H and O–H groups in total. The molecule has 1 aromatic rings. The summed E-state index contributed by atoms with van der Waals surface area (Å²) >= 11 is 1.62. The van der Waals surface area contributed by atoms with E-state index < -0.39 is 16.9 Å². The van der Waals surface area contributed by atoms with Gasteiger partial charge in [-0.15, -0.1) is 0 Å². The summed E-state index contributed by atoms with van der Waals surface area (Å²) in [5.74, 6) is 0.245. The van der Waals surface area contributed by atoms with Gasteiger partial charge in [-0.2, -0.15) is 11.8 Å². The van der Waals surface area contributed by atoms with Gasteiger partial charge in [0.2, 0.25) is 5.91 Å². The maximum atomic E-state index is 13.0. The normalized spacial score (nSPS) is 16.1. The van der Waals surface area contributed by atoms with Gasteiger partial charge in [0.15, 0.2) is 0 Å². The minimum Gasteiger partial charge on any atom is -0.341 e. The maximum absolute atomic E-state index is 13.0. The van der Waals surface area contributed by atoms with E-state index in [4.69, 9.17) is 0 Å². The molecule has 1 heterocycles. The molecule has 0 aliphatic carbocycles. The molecule has 2 amide bonds.